The van der Waals surface area contributed by atoms with Crippen LogP contribution in [0.25, 0.3) is 0 Å². The van der Waals surface area contributed by atoms with E-state index in [0.717, 1.165) is 10.5 Å². The van der Waals surface area contributed by atoms with Crippen molar-refractivity contribution < 1.29 is 51.4 Å². The zero-order valence-corrected chi connectivity index (χ0v) is 19.8. The summed E-state index contributed by atoms with van der Waals surface area (Å²) in [5.74, 6) is -15.5. The number of halogens is 4. The first kappa shape index (κ1) is 28.3. The van der Waals surface area contributed by atoms with Gasteiger partial charge in [0.2, 0.25) is 11.6 Å². The molecular weight excluding hydrogens is 516 g/mol. The molecule has 202 valence electrons. The molecule has 3 rings (SSSR count). The normalized spacial score (nSPS) is 14.4. The highest BCUT2D eigenvalue weighted by atomic mass is 19.2. The number of benzene rings is 2. The first-order chi connectivity index (χ1) is 18.0. The van der Waals surface area contributed by atoms with Crippen molar-refractivity contribution in [3.63, 3.8) is 0 Å². The minimum atomic E-state index is -1.89. The number of hydrogen-bond acceptors (Lipinski definition) is 6. The van der Waals surface area contributed by atoms with Crippen molar-refractivity contribution in [2.45, 2.75) is 19.4 Å². The number of carboxylic acids is 1. The van der Waals surface area contributed by atoms with Crippen molar-refractivity contribution in [2.24, 2.45) is 5.92 Å². The number of amides is 2. The van der Waals surface area contributed by atoms with E-state index in [0.29, 0.717) is 0 Å². The Labute approximate surface area is 213 Å². The average molecular weight is 538 g/mol. The number of carbonyl (C=O) groups excluding carboxylic acids is 4. The number of carboxylic acid groups (broad SMARTS) is 1. The quantitative estimate of drug-likeness (QED) is 0.250. The second-order valence-corrected chi connectivity index (χ2v) is 8.53. The van der Waals surface area contributed by atoms with Crippen LogP contribution in [0, 0.1) is 29.2 Å². The second kappa shape index (κ2) is 12.3. The average Bonchev–Trinajstić information content (AvgIpc) is 2.87. The maximum atomic E-state index is 13.8. The second-order valence-electron chi connectivity index (χ2n) is 8.53. The summed E-state index contributed by atoms with van der Waals surface area (Å²) in [7, 11) is 0. The van der Waals surface area contributed by atoms with Crippen molar-refractivity contribution in [3.8, 4) is 5.75 Å². The molecule has 0 saturated carbocycles. The van der Waals surface area contributed by atoms with Gasteiger partial charge in [0.25, 0.3) is 0 Å². The smallest absolute Gasteiger partial charge is 0.312 e. The van der Waals surface area contributed by atoms with Crippen LogP contribution >= 0.6 is 0 Å². The molecule has 1 aliphatic heterocycles. The fraction of sp³-hybridized carbons (Fsp3) is 0.320. The molecule has 2 aromatic rings. The van der Waals surface area contributed by atoms with Gasteiger partial charge in [-0.15, -0.1) is 0 Å². The zero-order chi connectivity index (χ0) is 28.0. The molecule has 0 spiro atoms. The van der Waals surface area contributed by atoms with E-state index >= 15 is 0 Å². The van der Waals surface area contributed by atoms with Crippen molar-refractivity contribution >= 4 is 29.4 Å². The number of rotatable bonds is 12. The Balaban J connectivity index is 1.60. The Morgan fingerprint density at radius 1 is 0.895 bits per heavy atom. The van der Waals surface area contributed by atoms with Crippen LogP contribution in [-0.2, 0) is 30.5 Å². The zero-order valence-electron chi connectivity index (χ0n) is 19.8. The van der Waals surface area contributed by atoms with E-state index in [-0.39, 0.29) is 25.7 Å². The van der Waals surface area contributed by atoms with Crippen LogP contribution in [0.2, 0.25) is 0 Å². The van der Waals surface area contributed by atoms with E-state index in [1.165, 1.54) is 4.90 Å². The summed E-state index contributed by atoms with van der Waals surface area (Å²) >= 11 is 0. The third-order valence-corrected chi connectivity index (χ3v) is 5.76. The van der Waals surface area contributed by atoms with Crippen LogP contribution < -0.4 is 4.74 Å². The molecule has 0 aromatic heterocycles. The van der Waals surface area contributed by atoms with Gasteiger partial charge in [-0.25, -0.2) is 8.78 Å². The highest BCUT2D eigenvalue weighted by molar-refractivity contribution is 6.35. The molecule has 1 fully saturated rings. The molecule has 1 aliphatic rings. The lowest BCUT2D eigenvalue weighted by Gasteiger charge is -2.33. The number of aliphatic carboxylic acids is 1. The van der Waals surface area contributed by atoms with Gasteiger partial charge in [0.1, 0.15) is 6.61 Å². The molecule has 2 amide bonds. The van der Waals surface area contributed by atoms with Gasteiger partial charge >= 0.3 is 17.8 Å². The molecule has 1 saturated heterocycles. The van der Waals surface area contributed by atoms with Crippen molar-refractivity contribution in [1.29, 1.82) is 0 Å². The number of piperazine rings is 1. The molecule has 1 atom stereocenters. The molecule has 2 aromatic carbocycles. The van der Waals surface area contributed by atoms with Gasteiger partial charge < -0.3 is 19.6 Å². The number of Topliss-reactive ketones (excluding diaryl/α,β-unsaturated/α-hetero) is 2. The fourth-order valence-electron chi connectivity index (χ4n) is 3.82. The Morgan fingerprint density at radius 2 is 1.47 bits per heavy atom. The molecule has 0 radical (unpaired) electrons. The van der Waals surface area contributed by atoms with Gasteiger partial charge in [0.05, 0.1) is 13.0 Å². The third-order valence-electron chi connectivity index (χ3n) is 5.76. The van der Waals surface area contributed by atoms with Gasteiger partial charge in [0.15, 0.2) is 29.0 Å². The molecular formula is C25H22F4N2O7. The highest BCUT2D eigenvalue weighted by Crippen LogP contribution is 2.27. The van der Waals surface area contributed by atoms with Gasteiger partial charge in [-0.05, 0) is 5.56 Å². The summed E-state index contributed by atoms with van der Waals surface area (Å²) in [6, 6.07) is 8.86. The number of carbonyl (C=O) groups is 5. The lowest BCUT2D eigenvalue weighted by molar-refractivity contribution is -0.157. The number of nitrogens with zero attached hydrogens (tertiary/aromatic N) is 2. The lowest BCUT2D eigenvalue weighted by Crippen LogP contribution is -2.55. The van der Waals surface area contributed by atoms with Crippen molar-refractivity contribution in [3.05, 3.63) is 65.2 Å². The third kappa shape index (κ3) is 6.93. The predicted octanol–water partition coefficient (Wildman–Crippen LogP) is 2.11. The van der Waals surface area contributed by atoms with E-state index in [1.54, 1.807) is 30.3 Å². The molecule has 9 nitrogen and oxygen atoms in total. The minimum absolute atomic E-state index is 0.0213. The van der Waals surface area contributed by atoms with Crippen LogP contribution in [0.3, 0.4) is 0 Å². The summed E-state index contributed by atoms with van der Waals surface area (Å²) in [6.45, 7) is -1.41. The summed E-state index contributed by atoms with van der Waals surface area (Å²) in [5, 5.41) is 9.10. The highest BCUT2D eigenvalue weighted by Gasteiger charge is 2.34. The van der Waals surface area contributed by atoms with Crippen molar-refractivity contribution in [2.75, 3.05) is 26.2 Å². The largest absolute Gasteiger partial charge is 0.481 e. The van der Waals surface area contributed by atoms with Gasteiger partial charge in [0, 0.05) is 38.0 Å². The topological polar surface area (TPSA) is 121 Å². The number of ketones is 2. The van der Waals surface area contributed by atoms with Gasteiger partial charge in [-0.2, -0.15) is 8.78 Å². The van der Waals surface area contributed by atoms with Gasteiger partial charge in [-0.1, -0.05) is 30.3 Å². The van der Waals surface area contributed by atoms with E-state index in [9.17, 15) is 41.5 Å². The van der Waals surface area contributed by atoms with E-state index < -0.39 is 90.3 Å². The van der Waals surface area contributed by atoms with E-state index in [2.05, 4.69) is 4.74 Å². The van der Waals surface area contributed by atoms with Crippen LogP contribution in [0.4, 0.5) is 17.6 Å². The molecule has 1 heterocycles. The Bertz CT molecular complexity index is 1230. The fourth-order valence-corrected chi connectivity index (χ4v) is 3.82. The van der Waals surface area contributed by atoms with Gasteiger partial charge in [-0.3, -0.25) is 24.0 Å². The SMILES string of the molecule is O=C(O)C[C@H](CC(=O)CN1CCN(Cc2ccccc2)C(=O)C1=O)C(=O)COc1c(F)c(F)cc(F)c1F. The molecule has 38 heavy (non-hydrogen) atoms. The number of hydrogen-bond donors (Lipinski definition) is 1. The maximum absolute atomic E-state index is 13.8. The molecule has 0 bridgehead atoms. The first-order valence-corrected chi connectivity index (χ1v) is 11.3. The Kier molecular flexibility index (Phi) is 9.16. The molecule has 1 N–H and O–H groups in total. The molecule has 0 aliphatic carbocycles. The number of ether oxygens (including phenoxy) is 1. The Hall–Kier alpha value is -4.29. The summed E-state index contributed by atoms with van der Waals surface area (Å²) < 4.78 is 58.8. The monoisotopic (exact) mass is 538 g/mol. The maximum Gasteiger partial charge on any atom is 0.312 e. The summed E-state index contributed by atoms with van der Waals surface area (Å²) in [6.07, 6.45) is -1.56. The summed E-state index contributed by atoms with van der Waals surface area (Å²) in [4.78, 5) is 63.6. The van der Waals surface area contributed by atoms with E-state index in [4.69, 9.17) is 5.11 Å². The standard InChI is InChI=1S/C25H22F4N2O7/c26-17-10-18(27)22(29)23(21(17)28)38-13-19(33)15(9-20(34)35)8-16(32)12-31-7-6-30(24(36)25(31)37)11-14-4-2-1-3-5-14/h1-5,10,15H,6-9,11-13H2,(H,34,35)/t15-/m0/s1. The predicted molar refractivity (Wildman–Crippen MR) is 121 cm³/mol. The summed E-state index contributed by atoms with van der Waals surface area (Å²) in [5.41, 5.74) is 0.802. The minimum Gasteiger partial charge on any atom is -0.481 e. The molecule has 13 heteroatoms. The van der Waals surface area contributed by atoms with Crippen LogP contribution in [0.15, 0.2) is 36.4 Å². The van der Waals surface area contributed by atoms with E-state index in [1.807, 2.05) is 0 Å². The van der Waals surface area contributed by atoms with Crippen LogP contribution in [0.1, 0.15) is 18.4 Å². The molecule has 0 unspecified atom stereocenters. The van der Waals surface area contributed by atoms with Crippen molar-refractivity contribution in [1.82, 2.24) is 9.80 Å². The van der Waals surface area contributed by atoms with Crippen LogP contribution in [-0.4, -0.2) is 70.5 Å². The van der Waals surface area contributed by atoms with Crippen LogP contribution in [0.5, 0.6) is 5.75 Å². The Morgan fingerprint density at radius 3 is 2.08 bits per heavy atom. The first-order valence-electron chi connectivity index (χ1n) is 11.3. The lowest BCUT2D eigenvalue weighted by atomic mass is 9.94.